The number of amides is 1. The number of nitrogens with two attached hydrogens (primary N) is 1. The number of halogens is 2. The molecule has 0 unspecified atom stereocenters. The lowest BCUT2D eigenvalue weighted by Crippen LogP contribution is -2.17. The molecule has 0 aliphatic rings. The van der Waals surface area contributed by atoms with Crippen LogP contribution in [-0.4, -0.2) is 19.3 Å². The Kier molecular flexibility index (Phi) is 4.90. The minimum atomic E-state index is -4.14. The molecule has 6 nitrogen and oxygen atoms in total. The average molecular weight is 394 g/mol. The van der Waals surface area contributed by atoms with Crippen molar-refractivity contribution in [2.75, 3.05) is 5.32 Å². The molecule has 0 fully saturated rings. The molecule has 134 valence electrons. The number of aromatic nitrogens is 1. The van der Waals surface area contributed by atoms with E-state index in [0.29, 0.717) is 16.0 Å². The molecule has 0 saturated heterocycles. The van der Waals surface area contributed by atoms with Gasteiger partial charge in [-0.15, -0.1) is 0 Å². The van der Waals surface area contributed by atoms with Gasteiger partial charge in [-0.1, -0.05) is 29.8 Å². The summed E-state index contributed by atoms with van der Waals surface area (Å²) in [6.45, 7) is 0. The zero-order valence-electron chi connectivity index (χ0n) is 13.2. The van der Waals surface area contributed by atoms with E-state index in [1.54, 1.807) is 24.3 Å². The zero-order chi connectivity index (χ0) is 18.9. The molecule has 0 bridgehead atoms. The van der Waals surface area contributed by atoms with E-state index in [4.69, 9.17) is 16.7 Å². The lowest BCUT2D eigenvalue weighted by atomic mass is 10.1. The first kappa shape index (κ1) is 18.2. The van der Waals surface area contributed by atoms with Crippen LogP contribution >= 0.6 is 11.6 Å². The number of primary sulfonamides is 1. The highest BCUT2D eigenvalue weighted by molar-refractivity contribution is 7.89. The molecular weight excluding hydrogens is 381 g/mol. The quantitative estimate of drug-likeness (QED) is 0.665. The van der Waals surface area contributed by atoms with Crippen molar-refractivity contribution < 1.29 is 17.6 Å². The summed E-state index contributed by atoms with van der Waals surface area (Å²) in [6, 6.07) is 10.5. The Hall–Kier alpha value is -2.55. The molecule has 1 aromatic heterocycles. The highest BCUT2D eigenvalue weighted by atomic mass is 35.5. The van der Waals surface area contributed by atoms with Crippen LogP contribution in [0, 0.1) is 5.95 Å². The summed E-state index contributed by atoms with van der Waals surface area (Å²) in [5, 5.41) is 8.68. The fourth-order valence-corrected chi connectivity index (χ4v) is 3.50. The molecule has 1 heterocycles. The van der Waals surface area contributed by atoms with Gasteiger partial charge in [0.15, 0.2) is 0 Å². The molecule has 3 aromatic rings. The number of hydrogen-bond acceptors (Lipinski definition) is 4. The van der Waals surface area contributed by atoms with Crippen LogP contribution in [0.15, 0.2) is 53.6 Å². The van der Waals surface area contributed by atoms with Crippen LogP contribution in [-0.2, 0) is 21.2 Å². The SMILES string of the molecule is NS(=O)(=O)c1cc(NC(=O)Cc2ccccc2Cl)cc2cnc(F)cc12. The molecule has 0 saturated carbocycles. The van der Waals surface area contributed by atoms with E-state index in [1.165, 1.54) is 18.3 Å². The van der Waals surface area contributed by atoms with Crippen LogP contribution in [0.25, 0.3) is 10.8 Å². The monoisotopic (exact) mass is 393 g/mol. The van der Waals surface area contributed by atoms with Crippen LogP contribution in [0.4, 0.5) is 10.1 Å². The summed E-state index contributed by atoms with van der Waals surface area (Å²) in [6.07, 6.45) is 1.17. The van der Waals surface area contributed by atoms with Crippen molar-refractivity contribution in [2.24, 2.45) is 5.14 Å². The minimum Gasteiger partial charge on any atom is -0.326 e. The van der Waals surface area contributed by atoms with E-state index in [1.807, 2.05) is 0 Å². The highest BCUT2D eigenvalue weighted by Gasteiger charge is 2.16. The summed E-state index contributed by atoms with van der Waals surface area (Å²) in [7, 11) is -4.14. The van der Waals surface area contributed by atoms with E-state index in [0.717, 1.165) is 6.07 Å². The second-order valence-electron chi connectivity index (χ2n) is 5.56. The molecule has 3 rings (SSSR count). The van der Waals surface area contributed by atoms with Gasteiger partial charge in [-0.25, -0.2) is 18.5 Å². The highest BCUT2D eigenvalue weighted by Crippen LogP contribution is 2.27. The Morgan fingerprint density at radius 3 is 2.65 bits per heavy atom. The Morgan fingerprint density at radius 2 is 1.96 bits per heavy atom. The molecular formula is C17H13ClFN3O3S. The summed E-state index contributed by atoms with van der Waals surface area (Å²) in [4.78, 5) is 15.5. The molecule has 1 amide bonds. The van der Waals surface area contributed by atoms with Crippen molar-refractivity contribution >= 4 is 44.0 Å². The van der Waals surface area contributed by atoms with Gasteiger partial charge in [0.05, 0.1) is 11.3 Å². The first-order valence-corrected chi connectivity index (χ1v) is 9.32. The summed E-state index contributed by atoms with van der Waals surface area (Å²) < 4.78 is 37.0. The standard InChI is InChI=1S/C17H13ClFN3O3S/c18-14-4-2-1-3-10(14)6-17(23)22-12-5-11-9-21-16(19)8-13(11)15(7-12)26(20,24)25/h1-5,7-9H,6H2,(H,22,23)(H2,20,24,25). The molecule has 9 heteroatoms. The van der Waals surface area contributed by atoms with E-state index in [2.05, 4.69) is 10.3 Å². The van der Waals surface area contributed by atoms with E-state index < -0.39 is 21.9 Å². The smallest absolute Gasteiger partial charge is 0.238 e. The predicted octanol–water partition coefficient (Wildman–Crippen LogP) is 2.86. The third-order valence-corrected chi connectivity index (χ3v) is 4.98. The number of carbonyl (C=O) groups is 1. The lowest BCUT2D eigenvalue weighted by Gasteiger charge is -2.11. The Bertz CT molecular complexity index is 1120. The van der Waals surface area contributed by atoms with Crippen molar-refractivity contribution in [2.45, 2.75) is 11.3 Å². The van der Waals surface area contributed by atoms with Gasteiger partial charge >= 0.3 is 0 Å². The van der Waals surface area contributed by atoms with Crippen molar-refractivity contribution in [1.29, 1.82) is 0 Å². The predicted molar refractivity (Wildman–Crippen MR) is 96.9 cm³/mol. The fourth-order valence-electron chi connectivity index (χ4n) is 2.52. The third-order valence-electron chi connectivity index (χ3n) is 3.66. The maximum atomic E-state index is 13.4. The van der Waals surface area contributed by atoms with Crippen LogP contribution in [0.3, 0.4) is 0 Å². The number of carbonyl (C=O) groups excluding carboxylic acids is 1. The molecule has 26 heavy (non-hydrogen) atoms. The van der Waals surface area contributed by atoms with Crippen molar-refractivity contribution in [3.8, 4) is 0 Å². The normalized spacial score (nSPS) is 11.5. The largest absolute Gasteiger partial charge is 0.326 e. The zero-order valence-corrected chi connectivity index (χ0v) is 14.8. The summed E-state index contributed by atoms with van der Waals surface area (Å²) in [5.74, 6) is -1.23. The van der Waals surface area contributed by atoms with Crippen molar-refractivity contribution in [3.05, 3.63) is 65.2 Å². The van der Waals surface area contributed by atoms with Gasteiger partial charge in [-0.05, 0) is 23.8 Å². The van der Waals surface area contributed by atoms with Crippen LogP contribution in [0.1, 0.15) is 5.56 Å². The Balaban J connectivity index is 1.97. The molecule has 0 radical (unpaired) electrons. The number of fused-ring (bicyclic) bond motifs is 1. The van der Waals surface area contributed by atoms with Crippen molar-refractivity contribution in [3.63, 3.8) is 0 Å². The van der Waals surface area contributed by atoms with Gasteiger partial charge in [0, 0.05) is 33.7 Å². The first-order chi connectivity index (χ1) is 12.2. The van der Waals surface area contributed by atoms with Gasteiger partial charge in [0.25, 0.3) is 0 Å². The number of nitrogens with zero attached hydrogens (tertiary/aromatic N) is 1. The topological polar surface area (TPSA) is 102 Å². The second-order valence-corrected chi connectivity index (χ2v) is 7.50. The van der Waals surface area contributed by atoms with E-state index in [9.17, 15) is 17.6 Å². The number of nitrogens with one attached hydrogen (secondary N) is 1. The molecule has 0 spiro atoms. The maximum Gasteiger partial charge on any atom is 0.238 e. The van der Waals surface area contributed by atoms with Gasteiger partial charge in [-0.2, -0.15) is 4.39 Å². The maximum absolute atomic E-state index is 13.4. The number of rotatable bonds is 4. The molecule has 0 aliphatic carbocycles. The number of pyridine rings is 1. The number of anilines is 1. The van der Waals surface area contributed by atoms with Crippen LogP contribution in [0.5, 0.6) is 0 Å². The molecule has 3 N–H and O–H groups in total. The van der Waals surface area contributed by atoms with E-state index >= 15 is 0 Å². The van der Waals surface area contributed by atoms with Crippen molar-refractivity contribution in [1.82, 2.24) is 4.98 Å². The van der Waals surface area contributed by atoms with Gasteiger partial charge < -0.3 is 5.32 Å². The fraction of sp³-hybridized carbons (Fsp3) is 0.0588. The van der Waals surface area contributed by atoms with Gasteiger partial charge in [-0.3, -0.25) is 4.79 Å². The summed E-state index contributed by atoms with van der Waals surface area (Å²) >= 11 is 6.03. The molecule has 0 aliphatic heterocycles. The summed E-state index contributed by atoms with van der Waals surface area (Å²) in [5.41, 5.74) is 0.829. The van der Waals surface area contributed by atoms with E-state index in [-0.39, 0.29) is 22.4 Å². The number of benzene rings is 2. The molecule has 0 atom stereocenters. The minimum absolute atomic E-state index is 0.00405. The van der Waals surface area contributed by atoms with Gasteiger partial charge in [0.2, 0.25) is 21.9 Å². The number of sulfonamides is 1. The lowest BCUT2D eigenvalue weighted by molar-refractivity contribution is -0.115. The van der Waals surface area contributed by atoms with Crippen LogP contribution < -0.4 is 10.5 Å². The first-order valence-electron chi connectivity index (χ1n) is 7.39. The second kappa shape index (κ2) is 6.99. The Labute approximate surface area is 153 Å². The average Bonchev–Trinajstić information content (AvgIpc) is 2.55. The van der Waals surface area contributed by atoms with Gasteiger partial charge in [0.1, 0.15) is 0 Å². The Morgan fingerprint density at radius 1 is 1.23 bits per heavy atom. The molecule has 2 aromatic carbocycles. The third kappa shape index (κ3) is 3.98. The number of hydrogen-bond donors (Lipinski definition) is 2. The van der Waals surface area contributed by atoms with Crippen LogP contribution in [0.2, 0.25) is 5.02 Å².